The number of aromatic nitrogens is 1. The Morgan fingerprint density at radius 1 is 1.24 bits per heavy atom. The van der Waals surface area contributed by atoms with Crippen LogP contribution in [0.3, 0.4) is 0 Å². The molecule has 1 amide bonds. The van der Waals surface area contributed by atoms with Gasteiger partial charge in [0.25, 0.3) is 5.69 Å². The molecule has 0 atom stereocenters. The highest BCUT2D eigenvalue weighted by Gasteiger charge is 2.07. The van der Waals surface area contributed by atoms with Crippen LogP contribution >= 0.6 is 0 Å². The number of ether oxygens (including phenoxy) is 1. The zero-order chi connectivity index (χ0) is 15.1. The summed E-state index contributed by atoms with van der Waals surface area (Å²) >= 11 is 0. The van der Waals surface area contributed by atoms with Crippen LogP contribution in [0.25, 0.3) is 0 Å². The first-order chi connectivity index (χ1) is 10.1. The van der Waals surface area contributed by atoms with E-state index in [9.17, 15) is 14.9 Å². The second kappa shape index (κ2) is 6.99. The average Bonchev–Trinajstić information content (AvgIpc) is 2.49. The van der Waals surface area contributed by atoms with Crippen LogP contribution in [0.2, 0.25) is 0 Å². The highest BCUT2D eigenvalue weighted by molar-refractivity contribution is 5.70. The molecular weight excluding hydrogens is 274 g/mol. The van der Waals surface area contributed by atoms with E-state index < -0.39 is 11.0 Å². The van der Waals surface area contributed by atoms with Crippen molar-refractivity contribution in [3.63, 3.8) is 0 Å². The monoisotopic (exact) mass is 287 g/mol. The molecule has 0 saturated carbocycles. The maximum atomic E-state index is 11.5. The minimum Gasteiger partial charge on any atom is -0.410 e. The van der Waals surface area contributed by atoms with E-state index in [1.165, 1.54) is 24.3 Å². The number of rotatable bonds is 5. The molecule has 1 N–H and O–H groups in total. The second-order valence-corrected chi connectivity index (χ2v) is 4.14. The Morgan fingerprint density at radius 3 is 2.62 bits per heavy atom. The average molecular weight is 287 g/mol. The van der Waals surface area contributed by atoms with Crippen LogP contribution in [-0.4, -0.2) is 22.5 Å². The summed E-state index contributed by atoms with van der Waals surface area (Å²) in [4.78, 5) is 25.6. The van der Waals surface area contributed by atoms with Gasteiger partial charge in [-0.05, 0) is 24.3 Å². The van der Waals surface area contributed by atoms with E-state index in [1.54, 1.807) is 6.20 Å². The van der Waals surface area contributed by atoms with Gasteiger partial charge in [0, 0.05) is 37.0 Å². The van der Waals surface area contributed by atoms with Gasteiger partial charge in [0.2, 0.25) is 0 Å². The van der Waals surface area contributed by atoms with Crippen molar-refractivity contribution in [2.45, 2.75) is 6.42 Å². The highest BCUT2D eigenvalue weighted by atomic mass is 16.6. The van der Waals surface area contributed by atoms with Crippen LogP contribution < -0.4 is 10.1 Å². The van der Waals surface area contributed by atoms with Crippen molar-refractivity contribution in [1.82, 2.24) is 10.3 Å². The first-order valence-corrected chi connectivity index (χ1v) is 6.25. The van der Waals surface area contributed by atoms with Crippen molar-refractivity contribution in [2.24, 2.45) is 0 Å². The van der Waals surface area contributed by atoms with E-state index in [1.807, 2.05) is 18.2 Å². The molecule has 1 aromatic carbocycles. The number of hydrogen-bond donors (Lipinski definition) is 1. The van der Waals surface area contributed by atoms with E-state index >= 15 is 0 Å². The third kappa shape index (κ3) is 4.57. The predicted octanol–water partition coefficient (Wildman–Crippen LogP) is 2.32. The quantitative estimate of drug-likeness (QED) is 0.672. The molecule has 108 valence electrons. The molecule has 0 fully saturated rings. The fraction of sp³-hybridized carbons (Fsp3) is 0.143. The number of nitro groups is 1. The standard InChI is InChI=1S/C14H13N3O4/c18-14(16-10-8-11-3-1-2-9-15-11)21-13-6-4-12(5-7-13)17(19)20/h1-7,9H,8,10H2,(H,16,18). The second-order valence-electron chi connectivity index (χ2n) is 4.14. The van der Waals surface area contributed by atoms with Crippen molar-refractivity contribution in [2.75, 3.05) is 6.54 Å². The van der Waals surface area contributed by atoms with Crippen LogP contribution in [0.5, 0.6) is 5.75 Å². The summed E-state index contributed by atoms with van der Waals surface area (Å²) < 4.78 is 4.99. The number of hydrogen-bond acceptors (Lipinski definition) is 5. The summed E-state index contributed by atoms with van der Waals surface area (Å²) in [5.74, 6) is 0.246. The molecule has 0 aliphatic heterocycles. The molecule has 1 heterocycles. The Morgan fingerprint density at radius 2 is 2.00 bits per heavy atom. The Balaban J connectivity index is 1.78. The minimum atomic E-state index is -0.611. The first kappa shape index (κ1) is 14.4. The Kier molecular flexibility index (Phi) is 4.81. The van der Waals surface area contributed by atoms with Gasteiger partial charge in [-0.2, -0.15) is 0 Å². The largest absolute Gasteiger partial charge is 0.412 e. The van der Waals surface area contributed by atoms with Crippen LogP contribution in [0.15, 0.2) is 48.7 Å². The lowest BCUT2D eigenvalue weighted by Crippen LogP contribution is -2.28. The van der Waals surface area contributed by atoms with Crippen molar-refractivity contribution in [3.8, 4) is 5.75 Å². The summed E-state index contributed by atoms with van der Waals surface area (Å²) in [6.07, 6.45) is 1.67. The summed E-state index contributed by atoms with van der Waals surface area (Å²) in [6, 6.07) is 10.8. The number of nitro benzene ring substituents is 1. The zero-order valence-corrected chi connectivity index (χ0v) is 11.1. The molecule has 1 aromatic heterocycles. The molecule has 7 nitrogen and oxygen atoms in total. The SMILES string of the molecule is O=C(NCCc1ccccn1)Oc1ccc([N+](=O)[O-])cc1. The molecule has 0 bridgehead atoms. The molecule has 0 radical (unpaired) electrons. The maximum absolute atomic E-state index is 11.5. The fourth-order valence-electron chi connectivity index (χ4n) is 1.62. The number of nitrogens with one attached hydrogen (secondary N) is 1. The lowest BCUT2D eigenvalue weighted by molar-refractivity contribution is -0.384. The highest BCUT2D eigenvalue weighted by Crippen LogP contribution is 2.17. The van der Waals surface area contributed by atoms with Gasteiger partial charge in [-0.15, -0.1) is 0 Å². The van der Waals surface area contributed by atoms with E-state index in [4.69, 9.17) is 4.74 Å². The summed E-state index contributed by atoms with van der Waals surface area (Å²) in [5, 5.41) is 13.1. The van der Waals surface area contributed by atoms with Crippen LogP contribution in [0.4, 0.5) is 10.5 Å². The molecule has 2 rings (SSSR count). The van der Waals surface area contributed by atoms with Gasteiger partial charge in [-0.3, -0.25) is 15.1 Å². The summed E-state index contributed by atoms with van der Waals surface area (Å²) in [5.41, 5.74) is 0.811. The van der Waals surface area contributed by atoms with Crippen molar-refractivity contribution in [1.29, 1.82) is 0 Å². The van der Waals surface area contributed by atoms with E-state index in [0.29, 0.717) is 13.0 Å². The van der Waals surface area contributed by atoms with Gasteiger partial charge < -0.3 is 10.1 Å². The van der Waals surface area contributed by atoms with E-state index in [2.05, 4.69) is 10.3 Å². The Hall–Kier alpha value is -2.96. The van der Waals surface area contributed by atoms with Crippen LogP contribution in [-0.2, 0) is 6.42 Å². The first-order valence-electron chi connectivity index (χ1n) is 6.25. The number of nitrogens with zero attached hydrogens (tertiary/aromatic N) is 2. The molecule has 0 aliphatic rings. The van der Waals surface area contributed by atoms with Gasteiger partial charge in [-0.1, -0.05) is 6.07 Å². The minimum absolute atomic E-state index is 0.0575. The van der Waals surface area contributed by atoms with Gasteiger partial charge in [0.15, 0.2) is 0 Å². The molecule has 0 aliphatic carbocycles. The number of non-ortho nitro benzene ring substituents is 1. The number of carbonyl (C=O) groups is 1. The number of amides is 1. The van der Waals surface area contributed by atoms with Gasteiger partial charge in [-0.25, -0.2) is 4.79 Å². The van der Waals surface area contributed by atoms with Crippen LogP contribution in [0.1, 0.15) is 5.69 Å². The number of benzene rings is 1. The predicted molar refractivity (Wildman–Crippen MR) is 75.1 cm³/mol. The van der Waals surface area contributed by atoms with E-state index in [0.717, 1.165) is 5.69 Å². The number of pyridine rings is 1. The number of carbonyl (C=O) groups excluding carboxylic acids is 1. The molecule has 7 heteroatoms. The molecule has 0 spiro atoms. The molecule has 2 aromatic rings. The third-order valence-corrected chi connectivity index (χ3v) is 2.63. The zero-order valence-electron chi connectivity index (χ0n) is 11.1. The summed E-state index contributed by atoms with van der Waals surface area (Å²) in [7, 11) is 0. The summed E-state index contributed by atoms with van der Waals surface area (Å²) in [6.45, 7) is 0.392. The smallest absolute Gasteiger partial charge is 0.410 e. The van der Waals surface area contributed by atoms with Crippen molar-refractivity contribution in [3.05, 3.63) is 64.5 Å². The lowest BCUT2D eigenvalue weighted by Gasteiger charge is -2.06. The van der Waals surface area contributed by atoms with Crippen LogP contribution in [0, 0.1) is 10.1 Å². The molecule has 21 heavy (non-hydrogen) atoms. The molecule has 0 saturated heterocycles. The normalized spacial score (nSPS) is 9.90. The third-order valence-electron chi connectivity index (χ3n) is 2.63. The van der Waals surface area contributed by atoms with Gasteiger partial charge >= 0.3 is 6.09 Å². The van der Waals surface area contributed by atoms with Crippen molar-refractivity contribution >= 4 is 11.8 Å². The topological polar surface area (TPSA) is 94.4 Å². The van der Waals surface area contributed by atoms with E-state index in [-0.39, 0.29) is 11.4 Å². The molecular formula is C14H13N3O4. The Bertz CT molecular complexity index is 614. The molecule has 0 unspecified atom stereocenters. The Labute approximate surface area is 120 Å². The van der Waals surface area contributed by atoms with Gasteiger partial charge in [0.05, 0.1) is 4.92 Å². The van der Waals surface area contributed by atoms with Crippen molar-refractivity contribution < 1.29 is 14.5 Å². The lowest BCUT2D eigenvalue weighted by atomic mass is 10.3. The fourth-order valence-corrected chi connectivity index (χ4v) is 1.62. The maximum Gasteiger partial charge on any atom is 0.412 e. The van der Waals surface area contributed by atoms with Gasteiger partial charge in [0.1, 0.15) is 5.75 Å².